The third-order valence-corrected chi connectivity index (χ3v) is 6.59. The van der Waals surface area contributed by atoms with E-state index in [2.05, 4.69) is 10.6 Å². The summed E-state index contributed by atoms with van der Waals surface area (Å²) < 4.78 is 11.1. The number of aryl methyl sites for hydroxylation is 3. The zero-order valence-corrected chi connectivity index (χ0v) is 22.4. The molecule has 39 heavy (non-hydrogen) atoms. The van der Waals surface area contributed by atoms with Crippen LogP contribution in [0.1, 0.15) is 27.8 Å². The SMILES string of the molecule is COc1cc(/C=C2/C(=O)NC(=O)N(c3ccc(C)c(C)c3)C2=O)ccc1OCC(=O)Nc1cccc(C)c1C. The number of nitrogens with one attached hydrogen (secondary N) is 2. The number of nitrogens with zero attached hydrogens (tertiary/aromatic N) is 1. The van der Waals surface area contributed by atoms with Crippen LogP contribution in [-0.4, -0.2) is 37.5 Å². The lowest BCUT2D eigenvalue weighted by molar-refractivity contribution is -0.122. The maximum Gasteiger partial charge on any atom is 0.335 e. The van der Waals surface area contributed by atoms with Gasteiger partial charge in [-0.3, -0.25) is 19.7 Å². The van der Waals surface area contributed by atoms with Crippen molar-refractivity contribution in [2.24, 2.45) is 0 Å². The van der Waals surface area contributed by atoms with E-state index in [1.165, 1.54) is 13.2 Å². The summed E-state index contributed by atoms with van der Waals surface area (Å²) in [5, 5.41) is 5.05. The third kappa shape index (κ3) is 5.82. The van der Waals surface area contributed by atoms with E-state index in [-0.39, 0.29) is 18.1 Å². The molecule has 2 N–H and O–H groups in total. The molecule has 3 aromatic carbocycles. The number of barbiturate groups is 1. The summed E-state index contributed by atoms with van der Waals surface area (Å²) >= 11 is 0. The van der Waals surface area contributed by atoms with Gasteiger partial charge in [-0.1, -0.05) is 24.3 Å². The topological polar surface area (TPSA) is 114 Å². The number of rotatable bonds is 7. The molecule has 5 amide bonds. The standard InChI is InChI=1S/C30H29N3O6/c1-17-9-11-22(13-19(17)3)33-29(36)23(28(35)32-30(33)37)14-21-10-12-25(26(15-21)38-5)39-16-27(34)31-24-8-6-7-18(2)20(24)4/h6-15H,16H2,1-5H3,(H,31,34)(H,32,35,37)/b23-14-. The number of carbonyl (C=O) groups is 4. The lowest BCUT2D eigenvalue weighted by Gasteiger charge is -2.26. The summed E-state index contributed by atoms with van der Waals surface area (Å²) in [5.41, 5.74) is 5.27. The number of hydrogen-bond donors (Lipinski definition) is 2. The molecule has 3 aromatic rings. The summed E-state index contributed by atoms with van der Waals surface area (Å²) in [7, 11) is 1.44. The minimum absolute atomic E-state index is 0.212. The van der Waals surface area contributed by atoms with E-state index < -0.39 is 17.8 Å². The van der Waals surface area contributed by atoms with Crippen molar-refractivity contribution in [2.45, 2.75) is 27.7 Å². The van der Waals surface area contributed by atoms with E-state index in [9.17, 15) is 19.2 Å². The van der Waals surface area contributed by atoms with Gasteiger partial charge in [-0.15, -0.1) is 0 Å². The molecule has 0 radical (unpaired) electrons. The van der Waals surface area contributed by atoms with Gasteiger partial charge in [0.15, 0.2) is 18.1 Å². The van der Waals surface area contributed by atoms with E-state index in [1.54, 1.807) is 36.4 Å². The maximum absolute atomic E-state index is 13.2. The quantitative estimate of drug-likeness (QED) is 0.343. The highest BCUT2D eigenvalue weighted by Gasteiger charge is 2.37. The smallest absolute Gasteiger partial charge is 0.335 e. The van der Waals surface area contributed by atoms with Crippen LogP contribution in [0.3, 0.4) is 0 Å². The van der Waals surface area contributed by atoms with Crippen molar-refractivity contribution < 1.29 is 28.7 Å². The number of hydrogen-bond acceptors (Lipinski definition) is 6. The van der Waals surface area contributed by atoms with Gasteiger partial charge in [0, 0.05) is 5.69 Å². The number of methoxy groups -OCH3 is 1. The Bertz CT molecular complexity index is 1530. The highest BCUT2D eigenvalue weighted by Crippen LogP contribution is 2.30. The second-order valence-electron chi connectivity index (χ2n) is 9.22. The first-order valence-electron chi connectivity index (χ1n) is 12.2. The first kappa shape index (κ1) is 27.1. The fourth-order valence-electron chi connectivity index (χ4n) is 4.03. The van der Waals surface area contributed by atoms with E-state index in [0.717, 1.165) is 27.2 Å². The van der Waals surface area contributed by atoms with Crippen molar-refractivity contribution in [3.63, 3.8) is 0 Å². The van der Waals surface area contributed by atoms with Crippen molar-refractivity contribution in [3.05, 3.63) is 88.0 Å². The number of amides is 5. The molecular formula is C30H29N3O6. The minimum Gasteiger partial charge on any atom is -0.493 e. The van der Waals surface area contributed by atoms with Crippen LogP contribution in [0.5, 0.6) is 11.5 Å². The molecule has 1 saturated heterocycles. The van der Waals surface area contributed by atoms with Crippen LogP contribution in [-0.2, 0) is 14.4 Å². The fourth-order valence-corrected chi connectivity index (χ4v) is 4.03. The van der Waals surface area contributed by atoms with Gasteiger partial charge in [0.2, 0.25) is 0 Å². The van der Waals surface area contributed by atoms with Crippen LogP contribution in [0.15, 0.2) is 60.2 Å². The van der Waals surface area contributed by atoms with E-state index in [4.69, 9.17) is 9.47 Å². The minimum atomic E-state index is -0.814. The molecule has 0 spiro atoms. The molecule has 0 aliphatic carbocycles. The Hall–Kier alpha value is -4.92. The summed E-state index contributed by atoms with van der Waals surface area (Å²) in [5.74, 6) is -1.27. The van der Waals surface area contributed by atoms with Gasteiger partial charge in [-0.05, 0) is 91.9 Å². The Morgan fingerprint density at radius 2 is 1.69 bits per heavy atom. The predicted molar refractivity (Wildman–Crippen MR) is 148 cm³/mol. The van der Waals surface area contributed by atoms with Crippen LogP contribution >= 0.6 is 0 Å². The Labute approximate surface area is 226 Å². The zero-order chi connectivity index (χ0) is 28.3. The molecule has 1 heterocycles. The molecule has 0 aromatic heterocycles. The van der Waals surface area contributed by atoms with Crippen LogP contribution in [0.2, 0.25) is 0 Å². The number of ether oxygens (including phenoxy) is 2. The highest BCUT2D eigenvalue weighted by molar-refractivity contribution is 6.39. The van der Waals surface area contributed by atoms with Gasteiger partial charge in [-0.25, -0.2) is 9.69 Å². The normalized spacial score (nSPS) is 14.3. The fraction of sp³-hybridized carbons (Fsp3) is 0.200. The van der Waals surface area contributed by atoms with E-state index in [1.807, 2.05) is 45.9 Å². The van der Waals surface area contributed by atoms with Crippen LogP contribution < -0.4 is 25.0 Å². The number of anilines is 2. The first-order chi connectivity index (χ1) is 18.6. The van der Waals surface area contributed by atoms with Gasteiger partial charge in [0.05, 0.1) is 12.8 Å². The molecule has 0 unspecified atom stereocenters. The lowest BCUT2D eigenvalue weighted by atomic mass is 10.0. The van der Waals surface area contributed by atoms with Crippen molar-refractivity contribution in [1.82, 2.24) is 5.32 Å². The number of imide groups is 2. The van der Waals surface area contributed by atoms with Gasteiger partial charge < -0.3 is 14.8 Å². The highest BCUT2D eigenvalue weighted by atomic mass is 16.5. The summed E-state index contributed by atoms with van der Waals surface area (Å²) in [4.78, 5) is 51.7. The Balaban J connectivity index is 1.52. The number of carbonyl (C=O) groups excluding carboxylic acids is 4. The molecule has 0 saturated carbocycles. The number of urea groups is 1. The molecular weight excluding hydrogens is 498 g/mol. The summed E-state index contributed by atoms with van der Waals surface area (Å²) in [6.07, 6.45) is 1.37. The molecule has 0 bridgehead atoms. The van der Waals surface area contributed by atoms with Crippen molar-refractivity contribution in [1.29, 1.82) is 0 Å². The average Bonchev–Trinajstić information content (AvgIpc) is 2.90. The van der Waals surface area contributed by atoms with E-state index in [0.29, 0.717) is 28.4 Å². The summed E-state index contributed by atoms with van der Waals surface area (Å²) in [6.45, 7) is 7.43. The van der Waals surface area contributed by atoms with Gasteiger partial charge in [-0.2, -0.15) is 0 Å². The second kappa shape index (κ2) is 11.2. The second-order valence-corrected chi connectivity index (χ2v) is 9.22. The Morgan fingerprint density at radius 1 is 0.923 bits per heavy atom. The first-order valence-corrected chi connectivity index (χ1v) is 12.2. The lowest BCUT2D eigenvalue weighted by Crippen LogP contribution is -2.54. The number of benzene rings is 3. The zero-order valence-electron chi connectivity index (χ0n) is 22.4. The largest absolute Gasteiger partial charge is 0.493 e. The van der Waals surface area contributed by atoms with Gasteiger partial charge in [0.1, 0.15) is 5.57 Å². The molecule has 9 nitrogen and oxygen atoms in total. The molecule has 0 atom stereocenters. The molecule has 1 aliphatic rings. The molecule has 1 fully saturated rings. The van der Waals surface area contributed by atoms with E-state index >= 15 is 0 Å². The Kier molecular flexibility index (Phi) is 7.80. The van der Waals surface area contributed by atoms with Gasteiger partial charge in [0.25, 0.3) is 17.7 Å². The van der Waals surface area contributed by atoms with Crippen LogP contribution in [0.25, 0.3) is 6.08 Å². The van der Waals surface area contributed by atoms with Gasteiger partial charge >= 0.3 is 6.03 Å². The predicted octanol–water partition coefficient (Wildman–Crippen LogP) is 4.61. The maximum atomic E-state index is 13.2. The van der Waals surface area contributed by atoms with Crippen LogP contribution in [0, 0.1) is 27.7 Å². The molecule has 200 valence electrons. The van der Waals surface area contributed by atoms with Crippen LogP contribution in [0.4, 0.5) is 16.2 Å². The summed E-state index contributed by atoms with van der Waals surface area (Å²) in [6, 6.07) is 14.8. The average molecular weight is 528 g/mol. The molecule has 1 aliphatic heterocycles. The molecule has 4 rings (SSSR count). The van der Waals surface area contributed by atoms with Crippen molar-refractivity contribution in [2.75, 3.05) is 23.9 Å². The third-order valence-electron chi connectivity index (χ3n) is 6.59. The Morgan fingerprint density at radius 3 is 2.41 bits per heavy atom. The monoisotopic (exact) mass is 527 g/mol. The molecule has 9 heteroatoms. The van der Waals surface area contributed by atoms with Crippen molar-refractivity contribution >= 4 is 41.2 Å². The van der Waals surface area contributed by atoms with Crippen molar-refractivity contribution in [3.8, 4) is 11.5 Å².